The fraction of sp³-hybridized carbons (Fsp3) is 0.229. The molecule has 2 heterocycles. The molecule has 1 saturated carbocycles. The zero-order valence-electron chi connectivity index (χ0n) is 24.1. The van der Waals surface area contributed by atoms with Crippen molar-refractivity contribution in [1.82, 2.24) is 4.98 Å². The Hall–Kier alpha value is -4.21. The molecule has 4 unspecified atom stereocenters. The number of pyridine rings is 1. The summed E-state index contributed by atoms with van der Waals surface area (Å²) in [6.07, 6.45) is 3.01. The van der Waals surface area contributed by atoms with Crippen LogP contribution >= 0.6 is 27.5 Å². The van der Waals surface area contributed by atoms with Crippen LogP contribution in [0.1, 0.15) is 39.6 Å². The summed E-state index contributed by atoms with van der Waals surface area (Å²) in [5.41, 5.74) is 4.23. The topological polar surface area (TPSA) is 93.6 Å². The number of anilines is 1. The van der Waals surface area contributed by atoms with Crippen molar-refractivity contribution in [3.63, 3.8) is 0 Å². The summed E-state index contributed by atoms with van der Waals surface area (Å²) >= 11 is 9.95. The first-order valence-electron chi connectivity index (χ1n) is 14.4. The number of carbonyl (C=O) groups excluding carboxylic acids is 4. The number of rotatable bonds is 6. The number of imide groups is 1. The fourth-order valence-corrected chi connectivity index (χ4v) is 7.69. The molecule has 1 aromatic heterocycles. The maximum atomic E-state index is 13.4. The molecule has 4 aromatic rings. The lowest BCUT2D eigenvalue weighted by atomic mass is 9.82. The lowest BCUT2D eigenvalue weighted by molar-refractivity contribution is -0.123. The number of Topliss-reactive ketones (excluding diaryl/α,β-unsaturated/α-hetero) is 1. The largest absolute Gasteiger partial charge is 0.454 e. The van der Waals surface area contributed by atoms with Gasteiger partial charge in [0.05, 0.1) is 39.3 Å². The lowest BCUT2D eigenvalue weighted by Gasteiger charge is -2.19. The van der Waals surface area contributed by atoms with Crippen LogP contribution in [-0.2, 0) is 14.3 Å². The molecule has 7 nitrogen and oxygen atoms in total. The third kappa shape index (κ3) is 4.80. The van der Waals surface area contributed by atoms with Crippen LogP contribution in [0.15, 0.2) is 76.8 Å². The molecule has 2 amide bonds. The van der Waals surface area contributed by atoms with Crippen LogP contribution in [0.25, 0.3) is 22.2 Å². The quantitative estimate of drug-likeness (QED) is 0.0902. The van der Waals surface area contributed by atoms with Crippen molar-refractivity contribution in [3.8, 4) is 11.3 Å². The number of ketones is 1. The lowest BCUT2D eigenvalue weighted by Crippen LogP contribution is -2.32. The first-order valence-corrected chi connectivity index (χ1v) is 15.6. The van der Waals surface area contributed by atoms with E-state index in [1.165, 1.54) is 22.6 Å². The SMILES string of the molecule is CC1=CC2CC1C1C(=O)N(c3ccc(-c4cc(C(=O)OCC(=O)c5ccc(F)cc5)c5cc(Br)c(Cl)c(C)c5n4)cc3)C(=O)C21. The Morgan fingerprint density at radius 2 is 1.71 bits per heavy atom. The van der Waals surface area contributed by atoms with E-state index in [0.717, 1.165) is 18.6 Å². The number of allylic oxidation sites excluding steroid dienone is 2. The van der Waals surface area contributed by atoms with Crippen molar-refractivity contribution in [1.29, 1.82) is 0 Å². The van der Waals surface area contributed by atoms with Crippen molar-refractivity contribution in [3.05, 3.63) is 104 Å². The van der Waals surface area contributed by atoms with Gasteiger partial charge in [-0.15, -0.1) is 0 Å². The van der Waals surface area contributed by atoms with Gasteiger partial charge in [0.1, 0.15) is 5.82 Å². The standard InChI is InChI=1S/C35H25BrClFN2O5/c1-16-11-20-12-23(16)30-29(20)33(42)40(34(30)43)22-9-5-18(6-10-22)27-14-25(24-13-26(36)31(37)17(2)32(24)39-27)35(44)45-15-28(41)19-3-7-21(38)8-4-19/h3-11,13-14,20,23,29-30H,12,15H2,1-2H3. The van der Waals surface area contributed by atoms with Gasteiger partial charge >= 0.3 is 5.97 Å². The monoisotopic (exact) mass is 686 g/mol. The molecule has 226 valence electrons. The van der Waals surface area contributed by atoms with Crippen molar-refractivity contribution >= 4 is 67.7 Å². The maximum Gasteiger partial charge on any atom is 0.339 e. The Kier molecular flexibility index (Phi) is 7.21. The molecule has 10 heteroatoms. The number of aromatic nitrogens is 1. The summed E-state index contributed by atoms with van der Waals surface area (Å²) in [7, 11) is 0. The summed E-state index contributed by atoms with van der Waals surface area (Å²) in [6.45, 7) is 3.28. The molecule has 1 aliphatic heterocycles. The van der Waals surface area contributed by atoms with Crippen LogP contribution in [0.3, 0.4) is 0 Å². The number of hydrogen-bond donors (Lipinski definition) is 0. The van der Waals surface area contributed by atoms with E-state index < -0.39 is 24.2 Å². The fourth-order valence-electron chi connectivity index (χ4n) is 7.01. The van der Waals surface area contributed by atoms with Gasteiger partial charge < -0.3 is 4.74 Å². The molecule has 3 aromatic carbocycles. The Morgan fingerprint density at radius 3 is 2.42 bits per heavy atom. The Labute approximate surface area is 271 Å². The van der Waals surface area contributed by atoms with Gasteiger partial charge in [0, 0.05) is 21.0 Å². The Bertz CT molecular complexity index is 1990. The molecule has 4 atom stereocenters. The van der Waals surface area contributed by atoms with Gasteiger partial charge in [0.2, 0.25) is 11.8 Å². The minimum atomic E-state index is -0.748. The minimum absolute atomic E-state index is 0.113. The average molecular weight is 688 g/mol. The number of halogens is 3. The summed E-state index contributed by atoms with van der Waals surface area (Å²) < 4.78 is 19.3. The highest BCUT2D eigenvalue weighted by Gasteiger charge is 2.60. The number of hydrogen-bond acceptors (Lipinski definition) is 6. The average Bonchev–Trinajstić information content (AvgIpc) is 3.68. The second-order valence-electron chi connectivity index (χ2n) is 11.8. The number of ether oxygens (including phenoxy) is 1. The summed E-state index contributed by atoms with van der Waals surface area (Å²) in [5.74, 6) is -2.38. The van der Waals surface area contributed by atoms with E-state index in [1.807, 2.05) is 6.92 Å². The third-order valence-corrected chi connectivity index (χ3v) is 10.6. The van der Waals surface area contributed by atoms with E-state index in [-0.39, 0.29) is 46.6 Å². The van der Waals surface area contributed by atoms with Crippen LogP contribution < -0.4 is 4.90 Å². The number of aryl methyl sites for hydroxylation is 1. The number of amides is 2. The highest BCUT2D eigenvalue weighted by atomic mass is 79.9. The maximum absolute atomic E-state index is 13.4. The number of fused-ring (bicyclic) bond motifs is 6. The van der Waals surface area contributed by atoms with Gasteiger partial charge in [-0.1, -0.05) is 35.4 Å². The van der Waals surface area contributed by atoms with Crippen LogP contribution in [-0.4, -0.2) is 35.2 Å². The highest BCUT2D eigenvalue weighted by molar-refractivity contribution is 9.10. The van der Waals surface area contributed by atoms with E-state index in [9.17, 15) is 23.6 Å². The summed E-state index contributed by atoms with van der Waals surface area (Å²) in [5, 5.41) is 0.908. The molecule has 7 rings (SSSR count). The van der Waals surface area contributed by atoms with Crippen molar-refractivity contribution in [2.75, 3.05) is 11.5 Å². The molecule has 2 aliphatic carbocycles. The Balaban J connectivity index is 1.20. The predicted octanol–water partition coefficient (Wildman–Crippen LogP) is 7.51. The van der Waals surface area contributed by atoms with Gasteiger partial charge in [0.25, 0.3) is 0 Å². The molecule has 45 heavy (non-hydrogen) atoms. The smallest absolute Gasteiger partial charge is 0.339 e. The van der Waals surface area contributed by atoms with E-state index in [2.05, 4.69) is 22.0 Å². The van der Waals surface area contributed by atoms with Crippen molar-refractivity contribution in [2.24, 2.45) is 23.7 Å². The van der Waals surface area contributed by atoms with E-state index in [4.69, 9.17) is 21.3 Å². The van der Waals surface area contributed by atoms with E-state index in [1.54, 1.807) is 43.3 Å². The second kappa shape index (κ2) is 11.0. The molecule has 0 spiro atoms. The number of benzene rings is 3. The van der Waals surface area contributed by atoms with Crippen LogP contribution in [0.5, 0.6) is 0 Å². The highest BCUT2D eigenvalue weighted by Crippen LogP contribution is 2.56. The van der Waals surface area contributed by atoms with E-state index in [0.29, 0.717) is 42.9 Å². The summed E-state index contributed by atoms with van der Waals surface area (Å²) in [6, 6.07) is 15.1. The molecule has 3 aliphatic rings. The van der Waals surface area contributed by atoms with Gasteiger partial charge in [-0.05, 0) is 102 Å². The van der Waals surface area contributed by atoms with Gasteiger partial charge in [-0.3, -0.25) is 19.3 Å². The number of carbonyl (C=O) groups is 4. The van der Waals surface area contributed by atoms with Crippen LogP contribution in [0.2, 0.25) is 5.02 Å². The molecule has 0 N–H and O–H groups in total. The first kappa shape index (κ1) is 29.5. The van der Waals surface area contributed by atoms with Gasteiger partial charge in [-0.2, -0.15) is 0 Å². The molecule has 2 fully saturated rings. The van der Waals surface area contributed by atoms with Gasteiger partial charge in [0.15, 0.2) is 12.4 Å². The Morgan fingerprint density at radius 1 is 1.02 bits per heavy atom. The van der Waals surface area contributed by atoms with Crippen molar-refractivity contribution < 1.29 is 28.3 Å². The predicted molar refractivity (Wildman–Crippen MR) is 170 cm³/mol. The number of nitrogens with zero attached hydrogens (tertiary/aromatic N) is 2. The molecule has 1 saturated heterocycles. The molecular formula is C35H25BrClFN2O5. The molecule has 0 radical (unpaired) electrons. The van der Waals surface area contributed by atoms with Crippen molar-refractivity contribution in [2.45, 2.75) is 20.3 Å². The minimum Gasteiger partial charge on any atom is -0.454 e. The normalized spacial score (nSPS) is 21.8. The second-order valence-corrected chi connectivity index (χ2v) is 13.0. The summed E-state index contributed by atoms with van der Waals surface area (Å²) in [4.78, 5) is 59.0. The molecular weight excluding hydrogens is 663 g/mol. The zero-order chi connectivity index (χ0) is 31.7. The zero-order valence-corrected chi connectivity index (χ0v) is 26.5. The third-order valence-electron chi connectivity index (χ3n) is 9.25. The van der Waals surface area contributed by atoms with Gasteiger partial charge in [-0.25, -0.2) is 14.2 Å². The first-order chi connectivity index (χ1) is 21.5. The number of esters is 1. The van der Waals surface area contributed by atoms with Crippen LogP contribution in [0, 0.1) is 36.4 Å². The van der Waals surface area contributed by atoms with E-state index >= 15 is 0 Å². The van der Waals surface area contributed by atoms with Crippen LogP contribution in [0.4, 0.5) is 10.1 Å². The molecule has 2 bridgehead atoms.